The largest absolute Gasteiger partial charge is 0.369 e. The van der Waals surface area contributed by atoms with Crippen LogP contribution in [-0.2, 0) is 18.3 Å². The van der Waals surface area contributed by atoms with Crippen molar-refractivity contribution in [3.8, 4) is 0 Å². The second kappa shape index (κ2) is 5.70. The molecule has 0 rings (SSSR count). The summed E-state index contributed by atoms with van der Waals surface area (Å²) in [5.74, 6) is -0.502. The molecule has 0 saturated carbocycles. The van der Waals surface area contributed by atoms with Gasteiger partial charge in [-0.1, -0.05) is 0 Å². The normalized spacial score (nSPS) is 14.7. The first-order chi connectivity index (χ1) is 5.60. The molecule has 0 aromatic rings. The van der Waals surface area contributed by atoms with Gasteiger partial charge < -0.3 is 13.8 Å². The molecular formula is C7H17O4P. The lowest BCUT2D eigenvalue weighted by Crippen LogP contribution is -2.11. The van der Waals surface area contributed by atoms with Crippen LogP contribution in [0.3, 0.4) is 0 Å². The molecule has 0 spiro atoms. The number of ether oxygens (including phenoxy) is 1. The van der Waals surface area contributed by atoms with E-state index in [-0.39, 0.29) is 0 Å². The topological polar surface area (TPSA) is 44.8 Å². The Morgan fingerprint density at radius 1 is 1.25 bits per heavy atom. The van der Waals surface area contributed by atoms with Crippen LogP contribution in [0.2, 0.25) is 0 Å². The standard InChI is InChI=1S/C7H17O4P/c1-5-10-12(8,11-6-2)7(3)9-4/h7H,5-6H2,1-4H3. The van der Waals surface area contributed by atoms with Gasteiger partial charge in [-0.2, -0.15) is 0 Å². The van der Waals surface area contributed by atoms with Crippen LogP contribution in [0.4, 0.5) is 0 Å². The molecule has 0 aromatic heterocycles. The molecule has 12 heavy (non-hydrogen) atoms. The first kappa shape index (κ1) is 12.1. The van der Waals surface area contributed by atoms with E-state index >= 15 is 0 Å². The maximum absolute atomic E-state index is 11.8. The molecule has 0 aliphatic carbocycles. The second-order valence-corrected chi connectivity index (χ2v) is 4.53. The minimum absolute atomic E-state index is 0.366. The molecule has 0 aliphatic rings. The van der Waals surface area contributed by atoms with Crippen molar-refractivity contribution in [1.29, 1.82) is 0 Å². The first-order valence-corrected chi connectivity index (χ1v) is 5.63. The van der Waals surface area contributed by atoms with Gasteiger partial charge in [-0.15, -0.1) is 0 Å². The van der Waals surface area contributed by atoms with Crippen LogP contribution in [0.25, 0.3) is 0 Å². The van der Waals surface area contributed by atoms with Gasteiger partial charge in [0.15, 0.2) is 5.85 Å². The molecule has 0 radical (unpaired) electrons. The molecule has 4 nitrogen and oxygen atoms in total. The third kappa shape index (κ3) is 3.23. The molecule has 0 saturated heterocycles. The highest BCUT2D eigenvalue weighted by Crippen LogP contribution is 2.52. The Labute approximate surface area is 73.7 Å². The lowest BCUT2D eigenvalue weighted by Gasteiger charge is -2.21. The van der Waals surface area contributed by atoms with E-state index in [9.17, 15) is 4.57 Å². The fraction of sp³-hybridized carbons (Fsp3) is 1.00. The van der Waals surface area contributed by atoms with Gasteiger partial charge in [0.25, 0.3) is 0 Å². The predicted octanol–water partition coefficient (Wildman–Crippen LogP) is 2.24. The molecule has 0 N–H and O–H groups in total. The molecule has 0 bridgehead atoms. The SMILES string of the molecule is CCOP(=O)(OCC)C(C)OC. The van der Waals surface area contributed by atoms with Crippen molar-refractivity contribution in [2.75, 3.05) is 20.3 Å². The van der Waals surface area contributed by atoms with Gasteiger partial charge in [0.05, 0.1) is 13.2 Å². The number of rotatable bonds is 6. The Bertz CT molecular complexity index is 149. The average Bonchev–Trinajstić information content (AvgIpc) is 2.04. The minimum Gasteiger partial charge on any atom is -0.369 e. The molecule has 1 unspecified atom stereocenters. The van der Waals surface area contributed by atoms with Gasteiger partial charge in [-0.05, 0) is 20.8 Å². The summed E-state index contributed by atoms with van der Waals surface area (Å²) in [4.78, 5) is 0. The molecule has 0 heterocycles. The van der Waals surface area contributed by atoms with E-state index in [2.05, 4.69) is 0 Å². The zero-order valence-electron chi connectivity index (χ0n) is 8.07. The van der Waals surface area contributed by atoms with E-state index in [1.807, 2.05) is 0 Å². The fourth-order valence-electron chi connectivity index (χ4n) is 0.736. The van der Waals surface area contributed by atoms with E-state index in [4.69, 9.17) is 13.8 Å². The van der Waals surface area contributed by atoms with Crippen molar-refractivity contribution < 1.29 is 18.3 Å². The van der Waals surface area contributed by atoms with E-state index in [1.165, 1.54) is 7.11 Å². The maximum atomic E-state index is 11.8. The fourth-order valence-corrected chi connectivity index (χ4v) is 2.21. The summed E-state index contributed by atoms with van der Waals surface area (Å²) in [6.07, 6.45) is 0. The quantitative estimate of drug-likeness (QED) is 0.611. The minimum atomic E-state index is -3.03. The van der Waals surface area contributed by atoms with Crippen molar-refractivity contribution in [3.63, 3.8) is 0 Å². The summed E-state index contributed by atoms with van der Waals surface area (Å²) in [7, 11) is -1.55. The predicted molar refractivity (Wildman–Crippen MR) is 47.3 cm³/mol. The Hall–Kier alpha value is 0.110. The maximum Gasteiger partial charge on any atom is 0.358 e. The van der Waals surface area contributed by atoms with Crippen LogP contribution in [0.5, 0.6) is 0 Å². The Morgan fingerprint density at radius 3 is 1.92 bits per heavy atom. The molecule has 74 valence electrons. The van der Waals surface area contributed by atoms with Crippen LogP contribution in [0.1, 0.15) is 20.8 Å². The van der Waals surface area contributed by atoms with E-state index in [0.29, 0.717) is 13.2 Å². The number of hydrogen-bond donors (Lipinski definition) is 0. The Morgan fingerprint density at radius 2 is 1.67 bits per heavy atom. The third-order valence-electron chi connectivity index (χ3n) is 1.40. The Balaban J connectivity index is 4.27. The molecule has 0 fully saturated rings. The summed E-state index contributed by atoms with van der Waals surface area (Å²) in [5, 5.41) is 0. The van der Waals surface area contributed by atoms with Gasteiger partial charge >= 0.3 is 7.60 Å². The summed E-state index contributed by atoms with van der Waals surface area (Å²) < 4.78 is 26.7. The lowest BCUT2D eigenvalue weighted by atomic mass is 10.9. The Kier molecular flexibility index (Phi) is 5.76. The van der Waals surface area contributed by atoms with Crippen LogP contribution in [0, 0.1) is 0 Å². The van der Waals surface area contributed by atoms with Gasteiger partial charge in [0.2, 0.25) is 0 Å². The van der Waals surface area contributed by atoms with Crippen molar-refractivity contribution >= 4 is 7.60 Å². The van der Waals surface area contributed by atoms with Crippen LogP contribution in [-0.4, -0.2) is 26.2 Å². The van der Waals surface area contributed by atoms with Crippen LogP contribution < -0.4 is 0 Å². The van der Waals surface area contributed by atoms with E-state index in [0.717, 1.165) is 0 Å². The zero-order valence-corrected chi connectivity index (χ0v) is 8.97. The summed E-state index contributed by atoms with van der Waals surface area (Å²) in [6, 6.07) is 0. The monoisotopic (exact) mass is 196 g/mol. The number of methoxy groups -OCH3 is 1. The molecule has 0 amide bonds. The van der Waals surface area contributed by atoms with Crippen molar-refractivity contribution in [2.45, 2.75) is 26.6 Å². The highest BCUT2D eigenvalue weighted by molar-refractivity contribution is 7.54. The third-order valence-corrected chi connectivity index (χ3v) is 3.74. The summed E-state index contributed by atoms with van der Waals surface area (Å²) >= 11 is 0. The lowest BCUT2D eigenvalue weighted by molar-refractivity contribution is 0.119. The molecule has 1 atom stereocenters. The molecule has 0 aromatic carbocycles. The molecule has 5 heteroatoms. The van der Waals surface area contributed by atoms with E-state index in [1.54, 1.807) is 20.8 Å². The van der Waals surface area contributed by atoms with Gasteiger partial charge in [0.1, 0.15) is 0 Å². The number of hydrogen-bond acceptors (Lipinski definition) is 4. The van der Waals surface area contributed by atoms with Gasteiger partial charge in [-0.3, -0.25) is 4.57 Å². The molecule has 0 aliphatic heterocycles. The summed E-state index contributed by atoms with van der Waals surface area (Å²) in [6.45, 7) is 5.95. The highest BCUT2D eigenvalue weighted by Gasteiger charge is 2.31. The highest BCUT2D eigenvalue weighted by atomic mass is 31.2. The average molecular weight is 196 g/mol. The van der Waals surface area contributed by atoms with Crippen LogP contribution in [0.15, 0.2) is 0 Å². The first-order valence-electron chi connectivity index (χ1n) is 4.02. The van der Waals surface area contributed by atoms with Crippen molar-refractivity contribution in [2.24, 2.45) is 0 Å². The zero-order chi connectivity index (χ0) is 9.61. The van der Waals surface area contributed by atoms with Crippen LogP contribution >= 0.6 is 7.60 Å². The second-order valence-electron chi connectivity index (χ2n) is 2.21. The summed E-state index contributed by atoms with van der Waals surface area (Å²) in [5.41, 5.74) is 0. The van der Waals surface area contributed by atoms with Gasteiger partial charge in [-0.25, -0.2) is 0 Å². The van der Waals surface area contributed by atoms with E-state index < -0.39 is 13.4 Å². The van der Waals surface area contributed by atoms with Gasteiger partial charge in [0, 0.05) is 7.11 Å². The van der Waals surface area contributed by atoms with Crippen molar-refractivity contribution in [1.82, 2.24) is 0 Å². The molecular weight excluding hydrogens is 179 g/mol. The smallest absolute Gasteiger partial charge is 0.358 e. The van der Waals surface area contributed by atoms with Crippen molar-refractivity contribution in [3.05, 3.63) is 0 Å².